The van der Waals surface area contributed by atoms with E-state index in [1.807, 2.05) is 12.1 Å². The molecule has 3 nitrogen and oxygen atoms in total. The van der Waals surface area contributed by atoms with Crippen LogP contribution in [-0.2, 0) is 13.0 Å². The van der Waals surface area contributed by atoms with Crippen LogP contribution in [0.1, 0.15) is 43.0 Å². The van der Waals surface area contributed by atoms with Crippen molar-refractivity contribution in [2.75, 3.05) is 6.61 Å². The van der Waals surface area contributed by atoms with Crippen LogP contribution in [0.15, 0.2) is 42.5 Å². The van der Waals surface area contributed by atoms with Crippen molar-refractivity contribution in [3.63, 3.8) is 0 Å². The number of benzene rings is 1. The van der Waals surface area contributed by atoms with Crippen molar-refractivity contribution in [2.24, 2.45) is 5.73 Å². The number of hydrogen-bond acceptors (Lipinski definition) is 3. The average Bonchev–Trinajstić information content (AvgIpc) is 2.52. The first-order chi connectivity index (χ1) is 10.2. The van der Waals surface area contributed by atoms with Gasteiger partial charge in [-0.2, -0.15) is 0 Å². The van der Waals surface area contributed by atoms with Crippen LogP contribution in [0, 0.1) is 0 Å². The molecule has 0 aliphatic heterocycles. The Kier molecular flexibility index (Phi) is 5.76. The lowest BCUT2D eigenvalue weighted by Crippen LogP contribution is -2.06. The Hall–Kier alpha value is -1.87. The number of ether oxygens (including phenoxy) is 1. The molecule has 2 N–H and O–H groups in total. The van der Waals surface area contributed by atoms with Crippen LogP contribution in [0.2, 0.25) is 0 Å². The quantitative estimate of drug-likeness (QED) is 0.789. The van der Waals surface area contributed by atoms with Crippen molar-refractivity contribution >= 4 is 0 Å². The summed E-state index contributed by atoms with van der Waals surface area (Å²) in [4.78, 5) is 4.55. The van der Waals surface area contributed by atoms with Gasteiger partial charge in [-0.05, 0) is 36.0 Å². The molecule has 0 bridgehead atoms. The Morgan fingerprint density at radius 3 is 2.52 bits per heavy atom. The summed E-state index contributed by atoms with van der Waals surface area (Å²) in [7, 11) is 0. The van der Waals surface area contributed by atoms with Crippen molar-refractivity contribution in [3.05, 3.63) is 59.3 Å². The van der Waals surface area contributed by atoms with Crippen molar-refractivity contribution in [3.8, 4) is 5.88 Å². The van der Waals surface area contributed by atoms with Crippen LogP contribution in [-0.4, -0.2) is 11.6 Å². The third kappa shape index (κ3) is 4.87. The number of aryl methyl sites for hydroxylation is 1. The van der Waals surface area contributed by atoms with Crippen molar-refractivity contribution in [1.29, 1.82) is 0 Å². The second-order valence-corrected chi connectivity index (χ2v) is 5.53. The van der Waals surface area contributed by atoms with Gasteiger partial charge in [-0.3, -0.25) is 0 Å². The lowest BCUT2D eigenvalue weighted by Gasteiger charge is -2.11. The van der Waals surface area contributed by atoms with Gasteiger partial charge in [-0.1, -0.05) is 44.2 Å². The molecule has 0 fully saturated rings. The van der Waals surface area contributed by atoms with Gasteiger partial charge in [0, 0.05) is 18.3 Å². The standard InChI is InChI=1S/C18H24N2O/c1-14(2)17-11-16(13-19)12-18(20-17)21-10-6-9-15-7-4-3-5-8-15/h3-5,7-8,11-12,14H,6,9-10,13,19H2,1-2H3. The Balaban J connectivity index is 1.89. The molecule has 0 aliphatic carbocycles. The molecule has 2 aromatic rings. The van der Waals surface area contributed by atoms with E-state index in [9.17, 15) is 0 Å². The molecular weight excluding hydrogens is 260 g/mol. The fraction of sp³-hybridized carbons (Fsp3) is 0.389. The molecule has 0 aliphatic rings. The highest BCUT2D eigenvalue weighted by Gasteiger charge is 2.06. The predicted octanol–water partition coefficient (Wildman–Crippen LogP) is 3.68. The Bertz CT molecular complexity index is 552. The smallest absolute Gasteiger partial charge is 0.213 e. The number of nitrogens with zero attached hydrogens (tertiary/aromatic N) is 1. The van der Waals surface area contributed by atoms with Gasteiger partial charge in [-0.15, -0.1) is 0 Å². The third-order valence-corrected chi connectivity index (χ3v) is 3.41. The van der Waals surface area contributed by atoms with Gasteiger partial charge >= 0.3 is 0 Å². The Labute approximate surface area is 127 Å². The van der Waals surface area contributed by atoms with E-state index in [0.717, 1.165) is 24.1 Å². The maximum absolute atomic E-state index is 5.79. The lowest BCUT2D eigenvalue weighted by molar-refractivity contribution is 0.298. The summed E-state index contributed by atoms with van der Waals surface area (Å²) in [5, 5.41) is 0. The minimum absolute atomic E-state index is 0.378. The second kappa shape index (κ2) is 7.79. The van der Waals surface area contributed by atoms with Crippen LogP contribution < -0.4 is 10.5 Å². The molecule has 2 rings (SSSR count). The molecule has 21 heavy (non-hydrogen) atoms. The third-order valence-electron chi connectivity index (χ3n) is 3.41. The molecule has 0 spiro atoms. The summed E-state index contributed by atoms with van der Waals surface area (Å²) < 4.78 is 5.79. The first-order valence-corrected chi connectivity index (χ1v) is 7.56. The lowest BCUT2D eigenvalue weighted by atomic mass is 10.1. The molecule has 112 valence electrons. The maximum atomic E-state index is 5.79. The molecule has 0 saturated heterocycles. The van der Waals surface area contributed by atoms with E-state index in [0.29, 0.717) is 24.9 Å². The normalized spacial score (nSPS) is 10.9. The number of pyridine rings is 1. The molecule has 1 aromatic heterocycles. The molecule has 0 unspecified atom stereocenters. The summed E-state index contributed by atoms with van der Waals surface area (Å²) in [6.07, 6.45) is 2.00. The first kappa shape index (κ1) is 15.5. The van der Waals surface area contributed by atoms with E-state index < -0.39 is 0 Å². The minimum Gasteiger partial charge on any atom is -0.478 e. The monoisotopic (exact) mass is 284 g/mol. The Morgan fingerprint density at radius 2 is 1.86 bits per heavy atom. The zero-order chi connectivity index (χ0) is 15.1. The highest BCUT2D eigenvalue weighted by Crippen LogP contribution is 2.19. The Morgan fingerprint density at radius 1 is 1.10 bits per heavy atom. The van der Waals surface area contributed by atoms with E-state index in [1.54, 1.807) is 0 Å². The van der Waals surface area contributed by atoms with E-state index >= 15 is 0 Å². The van der Waals surface area contributed by atoms with E-state index in [1.165, 1.54) is 5.56 Å². The fourth-order valence-electron chi connectivity index (χ4n) is 2.17. The van der Waals surface area contributed by atoms with Crippen molar-refractivity contribution < 1.29 is 4.74 Å². The van der Waals surface area contributed by atoms with Gasteiger partial charge in [0.2, 0.25) is 5.88 Å². The minimum atomic E-state index is 0.378. The SMILES string of the molecule is CC(C)c1cc(CN)cc(OCCCc2ccccc2)n1. The van der Waals surface area contributed by atoms with Crippen LogP contribution in [0.5, 0.6) is 5.88 Å². The highest BCUT2D eigenvalue weighted by molar-refractivity contribution is 5.26. The summed E-state index contributed by atoms with van der Waals surface area (Å²) in [5.41, 5.74) is 9.19. The van der Waals surface area contributed by atoms with Gasteiger partial charge in [0.1, 0.15) is 0 Å². The zero-order valence-corrected chi connectivity index (χ0v) is 12.9. The fourth-order valence-corrected chi connectivity index (χ4v) is 2.17. The van der Waals surface area contributed by atoms with Gasteiger partial charge in [-0.25, -0.2) is 4.98 Å². The van der Waals surface area contributed by atoms with Gasteiger partial charge < -0.3 is 10.5 Å². The van der Waals surface area contributed by atoms with E-state index in [2.05, 4.69) is 49.2 Å². The van der Waals surface area contributed by atoms with Gasteiger partial charge in [0.25, 0.3) is 0 Å². The highest BCUT2D eigenvalue weighted by atomic mass is 16.5. The number of aromatic nitrogens is 1. The first-order valence-electron chi connectivity index (χ1n) is 7.56. The van der Waals surface area contributed by atoms with Crippen molar-refractivity contribution in [1.82, 2.24) is 4.98 Å². The molecule has 0 amide bonds. The van der Waals surface area contributed by atoms with Gasteiger partial charge in [0.15, 0.2) is 0 Å². The molecule has 0 saturated carbocycles. The predicted molar refractivity (Wildman–Crippen MR) is 86.5 cm³/mol. The van der Waals surface area contributed by atoms with Crippen LogP contribution in [0.4, 0.5) is 0 Å². The number of rotatable bonds is 7. The summed E-state index contributed by atoms with van der Waals surface area (Å²) >= 11 is 0. The van der Waals surface area contributed by atoms with Crippen LogP contribution in [0.25, 0.3) is 0 Å². The van der Waals surface area contributed by atoms with Crippen molar-refractivity contribution in [2.45, 2.75) is 39.2 Å². The molecule has 1 heterocycles. The van der Waals surface area contributed by atoms with Gasteiger partial charge in [0.05, 0.1) is 6.61 Å². The topological polar surface area (TPSA) is 48.1 Å². The zero-order valence-electron chi connectivity index (χ0n) is 12.9. The largest absolute Gasteiger partial charge is 0.478 e. The van der Waals surface area contributed by atoms with E-state index in [4.69, 9.17) is 10.5 Å². The number of nitrogens with two attached hydrogens (primary N) is 1. The maximum Gasteiger partial charge on any atom is 0.213 e. The molecule has 0 radical (unpaired) electrons. The average molecular weight is 284 g/mol. The molecule has 3 heteroatoms. The molecule has 1 aromatic carbocycles. The summed E-state index contributed by atoms with van der Waals surface area (Å²) in [6.45, 7) is 5.44. The molecular formula is C18H24N2O. The number of hydrogen-bond donors (Lipinski definition) is 1. The van der Waals surface area contributed by atoms with Crippen LogP contribution >= 0.6 is 0 Å². The summed E-state index contributed by atoms with van der Waals surface area (Å²) in [6, 6.07) is 14.5. The van der Waals surface area contributed by atoms with E-state index in [-0.39, 0.29) is 0 Å². The molecule has 0 atom stereocenters. The second-order valence-electron chi connectivity index (χ2n) is 5.53. The summed E-state index contributed by atoms with van der Waals surface area (Å²) in [5.74, 6) is 1.07. The van der Waals surface area contributed by atoms with Crippen LogP contribution in [0.3, 0.4) is 0 Å².